The maximum Gasteiger partial charge on any atom is 0.229 e. The fourth-order valence-electron chi connectivity index (χ4n) is 2.88. The molecule has 2 heterocycles. The summed E-state index contributed by atoms with van der Waals surface area (Å²) < 4.78 is 26.2. The maximum atomic E-state index is 13.2. The number of halogens is 3. The van der Waals surface area contributed by atoms with Gasteiger partial charge in [-0.1, -0.05) is 6.07 Å². The van der Waals surface area contributed by atoms with E-state index in [0.29, 0.717) is 23.2 Å². The Balaban J connectivity index is 0.00000225. The second kappa shape index (κ2) is 8.69. The summed E-state index contributed by atoms with van der Waals surface area (Å²) in [6.45, 7) is 2.92. The molecule has 2 N–H and O–H groups in total. The van der Waals surface area contributed by atoms with Crippen LogP contribution in [-0.2, 0) is 11.2 Å². The van der Waals surface area contributed by atoms with Gasteiger partial charge in [0.25, 0.3) is 0 Å². The number of nitrogens with zero attached hydrogens (tertiary/aromatic N) is 1. The van der Waals surface area contributed by atoms with Gasteiger partial charge in [-0.3, -0.25) is 4.79 Å². The highest BCUT2D eigenvalue weighted by Crippen LogP contribution is 2.24. The summed E-state index contributed by atoms with van der Waals surface area (Å²) in [4.78, 5) is 17.4. The number of rotatable bonds is 4. The summed E-state index contributed by atoms with van der Waals surface area (Å²) in [6, 6.07) is 4.19. The van der Waals surface area contributed by atoms with Crippen LogP contribution in [0.25, 0.3) is 0 Å². The summed E-state index contributed by atoms with van der Waals surface area (Å²) >= 11 is 1.36. The second-order valence-corrected chi connectivity index (χ2v) is 7.24. The van der Waals surface area contributed by atoms with E-state index in [-0.39, 0.29) is 24.2 Å². The molecule has 8 heteroatoms. The smallest absolute Gasteiger partial charge is 0.229 e. The molecule has 2 aromatic rings. The third-order valence-corrected chi connectivity index (χ3v) is 5.05. The zero-order valence-corrected chi connectivity index (χ0v) is 15.4. The molecule has 1 aliphatic rings. The highest BCUT2D eigenvalue weighted by molar-refractivity contribution is 7.15. The molecule has 0 aliphatic carbocycles. The molecule has 0 bridgehead atoms. The molecule has 4 nitrogen and oxygen atoms in total. The van der Waals surface area contributed by atoms with Crippen molar-refractivity contribution in [1.29, 1.82) is 0 Å². The Hall–Kier alpha value is -1.57. The zero-order valence-electron chi connectivity index (χ0n) is 13.7. The third-order valence-electron chi connectivity index (χ3n) is 4.14. The SMILES string of the molecule is C[C@H]1C[C@@H](C(=O)Nc2ncc(Cc3ccc(F)c(F)c3)s2)CCN1.Cl. The molecular weight excluding hydrogens is 368 g/mol. The first-order chi connectivity index (χ1) is 11.5. The molecule has 1 aromatic carbocycles. The summed E-state index contributed by atoms with van der Waals surface area (Å²) in [5.74, 6) is -1.71. The van der Waals surface area contributed by atoms with Gasteiger partial charge in [0.15, 0.2) is 16.8 Å². The van der Waals surface area contributed by atoms with E-state index in [4.69, 9.17) is 0 Å². The van der Waals surface area contributed by atoms with Crippen LogP contribution in [-0.4, -0.2) is 23.5 Å². The molecule has 0 spiro atoms. The fourth-order valence-corrected chi connectivity index (χ4v) is 3.72. The molecular formula is C17H20ClF2N3OS. The highest BCUT2D eigenvalue weighted by Gasteiger charge is 2.25. The number of piperidine rings is 1. The molecule has 25 heavy (non-hydrogen) atoms. The summed E-state index contributed by atoms with van der Waals surface area (Å²) in [5, 5.41) is 6.73. The van der Waals surface area contributed by atoms with Gasteiger partial charge in [-0.25, -0.2) is 13.8 Å². The monoisotopic (exact) mass is 387 g/mol. The molecule has 1 saturated heterocycles. The first-order valence-corrected chi connectivity index (χ1v) is 8.76. The molecule has 1 amide bonds. The van der Waals surface area contributed by atoms with Gasteiger partial charge in [0.05, 0.1) is 0 Å². The van der Waals surface area contributed by atoms with E-state index in [1.54, 1.807) is 12.3 Å². The van der Waals surface area contributed by atoms with Crippen LogP contribution in [0.4, 0.5) is 13.9 Å². The lowest BCUT2D eigenvalue weighted by molar-refractivity contribution is -0.120. The van der Waals surface area contributed by atoms with Crippen molar-refractivity contribution < 1.29 is 13.6 Å². The number of nitrogens with one attached hydrogen (secondary N) is 2. The van der Waals surface area contributed by atoms with E-state index in [1.165, 1.54) is 17.4 Å². The van der Waals surface area contributed by atoms with Crippen LogP contribution in [0, 0.1) is 17.6 Å². The minimum absolute atomic E-state index is 0. The number of carbonyl (C=O) groups excluding carboxylic acids is 1. The van der Waals surface area contributed by atoms with Crippen molar-refractivity contribution in [2.75, 3.05) is 11.9 Å². The molecule has 0 unspecified atom stereocenters. The number of benzene rings is 1. The van der Waals surface area contributed by atoms with Crippen molar-refractivity contribution in [3.63, 3.8) is 0 Å². The van der Waals surface area contributed by atoms with Crippen molar-refractivity contribution >= 4 is 34.8 Å². The fraction of sp³-hybridized carbons (Fsp3) is 0.412. The van der Waals surface area contributed by atoms with Crippen molar-refractivity contribution in [2.45, 2.75) is 32.2 Å². The van der Waals surface area contributed by atoms with Crippen LogP contribution >= 0.6 is 23.7 Å². The molecule has 136 valence electrons. The first kappa shape index (κ1) is 19.8. The lowest BCUT2D eigenvalue weighted by Gasteiger charge is -2.26. The van der Waals surface area contributed by atoms with Gasteiger partial charge in [0.2, 0.25) is 5.91 Å². The van der Waals surface area contributed by atoms with Crippen molar-refractivity contribution in [2.24, 2.45) is 5.92 Å². The quantitative estimate of drug-likeness (QED) is 0.839. The molecule has 1 aromatic heterocycles. The summed E-state index contributed by atoms with van der Waals surface area (Å²) in [7, 11) is 0. The Morgan fingerprint density at radius 3 is 2.92 bits per heavy atom. The van der Waals surface area contributed by atoms with Gasteiger partial charge in [0.1, 0.15) is 0 Å². The third kappa shape index (κ3) is 5.20. The topological polar surface area (TPSA) is 54.0 Å². The van der Waals surface area contributed by atoms with E-state index < -0.39 is 11.6 Å². The van der Waals surface area contributed by atoms with E-state index in [0.717, 1.165) is 30.3 Å². The van der Waals surface area contributed by atoms with Crippen LogP contribution in [0.1, 0.15) is 30.2 Å². The largest absolute Gasteiger partial charge is 0.314 e. The van der Waals surface area contributed by atoms with Gasteiger partial charge < -0.3 is 10.6 Å². The molecule has 0 radical (unpaired) electrons. The molecule has 2 atom stereocenters. The Morgan fingerprint density at radius 1 is 1.40 bits per heavy atom. The predicted octanol–water partition coefficient (Wildman–Crippen LogP) is 3.76. The predicted molar refractivity (Wildman–Crippen MR) is 97.3 cm³/mol. The van der Waals surface area contributed by atoms with Crippen molar-refractivity contribution in [3.05, 3.63) is 46.5 Å². The van der Waals surface area contributed by atoms with Gasteiger partial charge in [-0.2, -0.15) is 0 Å². The number of thiazole rings is 1. The van der Waals surface area contributed by atoms with E-state index in [2.05, 4.69) is 22.5 Å². The van der Waals surface area contributed by atoms with Crippen LogP contribution < -0.4 is 10.6 Å². The maximum absolute atomic E-state index is 13.2. The van der Waals surface area contributed by atoms with Crippen molar-refractivity contribution in [1.82, 2.24) is 10.3 Å². The Morgan fingerprint density at radius 2 is 2.20 bits per heavy atom. The van der Waals surface area contributed by atoms with Crippen LogP contribution in [0.15, 0.2) is 24.4 Å². The van der Waals surface area contributed by atoms with E-state index in [9.17, 15) is 13.6 Å². The number of hydrogen-bond acceptors (Lipinski definition) is 4. The second-order valence-electron chi connectivity index (χ2n) is 6.12. The summed E-state index contributed by atoms with van der Waals surface area (Å²) in [6.07, 6.45) is 3.75. The van der Waals surface area contributed by atoms with E-state index in [1.807, 2.05) is 0 Å². The molecule has 3 rings (SSSR count). The zero-order chi connectivity index (χ0) is 17.1. The lowest BCUT2D eigenvalue weighted by Crippen LogP contribution is -2.40. The average Bonchev–Trinajstić information content (AvgIpc) is 2.98. The molecule has 0 saturated carbocycles. The Labute approximate surface area is 155 Å². The minimum atomic E-state index is -0.856. The van der Waals surface area contributed by atoms with Crippen molar-refractivity contribution in [3.8, 4) is 0 Å². The lowest BCUT2D eigenvalue weighted by atomic mass is 9.93. The first-order valence-electron chi connectivity index (χ1n) is 7.94. The number of carbonyl (C=O) groups is 1. The van der Waals surface area contributed by atoms with Crippen LogP contribution in [0.3, 0.4) is 0 Å². The standard InChI is InChI=1S/C17H19F2N3OS.ClH/c1-10-6-12(4-5-20-10)16(23)22-17-21-9-13(24-17)7-11-2-3-14(18)15(19)8-11;/h2-3,8-10,12,20H,4-7H2,1H3,(H,21,22,23);1H/t10-,12-;/m0./s1. The number of amides is 1. The molecule has 1 fully saturated rings. The molecule has 1 aliphatic heterocycles. The van der Waals surface area contributed by atoms with Crippen LogP contribution in [0.2, 0.25) is 0 Å². The van der Waals surface area contributed by atoms with E-state index >= 15 is 0 Å². The number of hydrogen-bond donors (Lipinski definition) is 2. The Kier molecular flexibility index (Phi) is 6.87. The Bertz CT molecular complexity index is 740. The van der Waals surface area contributed by atoms with Gasteiger partial charge in [-0.05, 0) is 44.0 Å². The van der Waals surface area contributed by atoms with Gasteiger partial charge >= 0.3 is 0 Å². The summed E-state index contributed by atoms with van der Waals surface area (Å²) in [5.41, 5.74) is 0.669. The highest BCUT2D eigenvalue weighted by atomic mass is 35.5. The number of aromatic nitrogens is 1. The number of anilines is 1. The minimum Gasteiger partial charge on any atom is -0.314 e. The average molecular weight is 388 g/mol. The van der Waals surface area contributed by atoms with Crippen LogP contribution in [0.5, 0.6) is 0 Å². The van der Waals surface area contributed by atoms with Gasteiger partial charge in [0, 0.05) is 29.5 Å². The van der Waals surface area contributed by atoms with Gasteiger partial charge in [-0.15, -0.1) is 23.7 Å². The normalized spacial score (nSPS) is 20.0.